The Kier molecular flexibility index (Phi) is 5.18. The maximum atomic E-state index is 13.3. The van der Waals surface area contributed by atoms with Gasteiger partial charge in [-0.3, -0.25) is 4.79 Å². The summed E-state index contributed by atoms with van der Waals surface area (Å²) in [6, 6.07) is 12.2. The fourth-order valence-electron chi connectivity index (χ4n) is 4.06. The zero-order valence-corrected chi connectivity index (χ0v) is 16.8. The summed E-state index contributed by atoms with van der Waals surface area (Å²) >= 11 is 4.50. The van der Waals surface area contributed by atoms with E-state index in [1.165, 1.54) is 4.31 Å². The number of hydrogen-bond acceptors (Lipinski definition) is 4. The summed E-state index contributed by atoms with van der Waals surface area (Å²) in [5.41, 5.74) is 0. The predicted molar refractivity (Wildman–Crippen MR) is 109 cm³/mol. The summed E-state index contributed by atoms with van der Waals surface area (Å²) < 4.78 is 28.1. The van der Waals surface area contributed by atoms with Gasteiger partial charge in [-0.25, -0.2) is 8.42 Å². The first kappa shape index (κ1) is 18.8. The molecule has 27 heavy (non-hydrogen) atoms. The Labute approximate surface area is 165 Å². The first-order valence-electron chi connectivity index (χ1n) is 9.44. The van der Waals surface area contributed by atoms with Crippen LogP contribution in [0.1, 0.15) is 25.7 Å². The van der Waals surface area contributed by atoms with Crippen LogP contribution in [0.3, 0.4) is 0 Å². The molecule has 2 fully saturated rings. The van der Waals surface area contributed by atoms with Gasteiger partial charge in [0.25, 0.3) is 0 Å². The number of fused-ring (bicyclic) bond motifs is 1. The van der Waals surface area contributed by atoms with Crippen molar-refractivity contribution in [1.82, 2.24) is 9.21 Å². The SMILES string of the molecule is O=C([C@@H]1C[C@@H](S)CN1S(=O)(=O)c1ccc2ccccc2c1)N1CCCCC1. The quantitative estimate of drug-likeness (QED) is 0.801. The van der Waals surface area contributed by atoms with E-state index in [-0.39, 0.29) is 22.6 Å². The topological polar surface area (TPSA) is 57.7 Å². The second kappa shape index (κ2) is 7.45. The number of carbonyl (C=O) groups is 1. The largest absolute Gasteiger partial charge is 0.341 e. The van der Waals surface area contributed by atoms with Crippen molar-refractivity contribution in [2.24, 2.45) is 0 Å². The molecular weight excluding hydrogens is 380 g/mol. The van der Waals surface area contributed by atoms with Gasteiger partial charge < -0.3 is 4.90 Å². The van der Waals surface area contributed by atoms with Crippen molar-refractivity contribution in [3.05, 3.63) is 42.5 Å². The molecule has 2 saturated heterocycles. The summed E-state index contributed by atoms with van der Waals surface area (Å²) in [4.78, 5) is 15.1. The molecule has 0 bridgehead atoms. The van der Waals surface area contributed by atoms with E-state index in [2.05, 4.69) is 12.6 Å². The zero-order chi connectivity index (χ0) is 19.0. The third-order valence-corrected chi connectivity index (χ3v) is 7.76. The van der Waals surface area contributed by atoms with E-state index in [9.17, 15) is 13.2 Å². The number of sulfonamides is 1. The van der Waals surface area contributed by atoms with Crippen molar-refractivity contribution in [1.29, 1.82) is 0 Å². The van der Waals surface area contributed by atoms with Gasteiger partial charge in [-0.15, -0.1) is 0 Å². The maximum absolute atomic E-state index is 13.3. The fraction of sp³-hybridized carbons (Fsp3) is 0.450. The molecule has 2 aliphatic heterocycles. The zero-order valence-electron chi connectivity index (χ0n) is 15.1. The third kappa shape index (κ3) is 3.60. The molecule has 0 aromatic heterocycles. The van der Waals surface area contributed by atoms with Crippen LogP contribution in [-0.2, 0) is 14.8 Å². The Morgan fingerprint density at radius 3 is 2.44 bits per heavy atom. The Morgan fingerprint density at radius 1 is 1.00 bits per heavy atom. The monoisotopic (exact) mass is 404 g/mol. The van der Waals surface area contributed by atoms with Crippen LogP contribution in [0.2, 0.25) is 0 Å². The second-order valence-electron chi connectivity index (χ2n) is 7.37. The molecule has 2 atom stereocenters. The van der Waals surface area contributed by atoms with E-state index in [1.54, 1.807) is 12.1 Å². The van der Waals surface area contributed by atoms with Gasteiger partial charge in [-0.2, -0.15) is 16.9 Å². The average molecular weight is 405 g/mol. The fourth-order valence-corrected chi connectivity index (χ4v) is 6.22. The summed E-state index contributed by atoms with van der Waals surface area (Å²) in [6.45, 7) is 1.70. The lowest BCUT2D eigenvalue weighted by Gasteiger charge is -2.32. The molecule has 0 spiro atoms. The van der Waals surface area contributed by atoms with Crippen molar-refractivity contribution in [3.8, 4) is 0 Å². The Morgan fingerprint density at radius 2 is 1.70 bits per heavy atom. The van der Waals surface area contributed by atoms with Gasteiger partial charge in [0.15, 0.2) is 0 Å². The number of rotatable bonds is 3. The van der Waals surface area contributed by atoms with E-state index in [0.29, 0.717) is 6.42 Å². The van der Waals surface area contributed by atoms with Crippen molar-refractivity contribution in [3.63, 3.8) is 0 Å². The number of piperidine rings is 1. The van der Waals surface area contributed by atoms with Crippen molar-refractivity contribution < 1.29 is 13.2 Å². The molecular formula is C20H24N2O3S2. The number of likely N-dealkylation sites (tertiary alicyclic amines) is 1. The van der Waals surface area contributed by atoms with Crippen LogP contribution < -0.4 is 0 Å². The van der Waals surface area contributed by atoms with Crippen LogP contribution in [0.15, 0.2) is 47.4 Å². The van der Waals surface area contributed by atoms with Crippen LogP contribution in [0, 0.1) is 0 Å². The minimum atomic E-state index is -3.76. The first-order valence-corrected chi connectivity index (χ1v) is 11.4. The average Bonchev–Trinajstić information content (AvgIpc) is 3.10. The van der Waals surface area contributed by atoms with Crippen LogP contribution in [0.5, 0.6) is 0 Å². The predicted octanol–water partition coefficient (Wildman–Crippen LogP) is 2.91. The highest BCUT2D eigenvalue weighted by molar-refractivity contribution is 7.89. The van der Waals surface area contributed by atoms with Crippen LogP contribution in [0.4, 0.5) is 0 Å². The first-order chi connectivity index (χ1) is 13.0. The maximum Gasteiger partial charge on any atom is 0.243 e. The molecule has 0 saturated carbocycles. The molecule has 2 aliphatic rings. The Hall–Kier alpha value is -1.57. The number of hydrogen-bond donors (Lipinski definition) is 1. The number of benzene rings is 2. The summed E-state index contributed by atoms with van der Waals surface area (Å²) in [6.07, 6.45) is 3.56. The highest BCUT2D eigenvalue weighted by Crippen LogP contribution is 2.31. The standard InChI is InChI=1S/C20H24N2O3S2/c23-20(21-10-4-1-5-11-21)19-13-17(26)14-22(19)27(24,25)18-9-8-15-6-2-3-7-16(15)12-18/h2-3,6-9,12,17,19,26H,1,4-5,10-11,13-14H2/t17-,19+/m1/s1. The molecule has 4 rings (SSSR count). The van der Waals surface area contributed by atoms with Gasteiger partial charge >= 0.3 is 0 Å². The molecule has 7 heteroatoms. The Bertz CT molecular complexity index is 955. The van der Waals surface area contributed by atoms with Gasteiger partial charge in [-0.1, -0.05) is 30.3 Å². The summed E-state index contributed by atoms with van der Waals surface area (Å²) in [5, 5.41) is 1.74. The van der Waals surface area contributed by atoms with E-state index < -0.39 is 16.1 Å². The lowest BCUT2D eigenvalue weighted by molar-refractivity contribution is -0.135. The van der Waals surface area contributed by atoms with Crippen molar-refractivity contribution in [2.45, 2.75) is 41.9 Å². The molecule has 0 unspecified atom stereocenters. The van der Waals surface area contributed by atoms with Crippen LogP contribution in [-0.4, -0.2) is 54.5 Å². The summed E-state index contributed by atoms with van der Waals surface area (Å²) in [7, 11) is -3.76. The van der Waals surface area contributed by atoms with E-state index in [1.807, 2.05) is 35.2 Å². The third-order valence-electron chi connectivity index (χ3n) is 5.51. The molecule has 1 amide bonds. The van der Waals surface area contributed by atoms with Crippen molar-refractivity contribution in [2.75, 3.05) is 19.6 Å². The van der Waals surface area contributed by atoms with Crippen LogP contribution in [0.25, 0.3) is 10.8 Å². The van der Waals surface area contributed by atoms with Gasteiger partial charge in [-0.05, 0) is 48.6 Å². The van der Waals surface area contributed by atoms with Gasteiger partial charge in [0.1, 0.15) is 6.04 Å². The molecule has 2 heterocycles. The highest BCUT2D eigenvalue weighted by Gasteiger charge is 2.44. The lowest BCUT2D eigenvalue weighted by atomic mass is 10.1. The number of carbonyl (C=O) groups excluding carboxylic acids is 1. The van der Waals surface area contributed by atoms with Gasteiger partial charge in [0.2, 0.25) is 15.9 Å². The minimum Gasteiger partial charge on any atom is -0.341 e. The minimum absolute atomic E-state index is 0.0735. The highest BCUT2D eigenvalue weighted by atomic mass is 32.2. The summed E-state index contributed by atoms with van der Waals surface area (Å²) in [5.74, 6) is -0.0735. The van der Waals surface area contributed by atoms with E-state index in [0.717, 1.165) is 43.1 Å². The second-order valence-corrected chi connectivity index (χ2v) is 10.00. The van der Waals surface area contributed by atoms with E-state index >= 15 is 0 Å². The molecule has 0 radical (unpaired) electrons. The van der Waals surface area contributed by atoms with Gasteiger partial charge in [0.05, 0.1) is 4.90 Å². The normalized spacial score (nSPS) is 24.4. The molecule has 0 aliphatic carbocycles. The molecule has 0 N–H and O–H groups in total. The van der Waals surface area contributed by atoms with Crippen molar-refractivity contribution >= 4 is 39.3 Å². The molecule has 2 aromatic carbocycles. The van der Waals surface area contributed by atoms with Crippen LogP contribution >= 0.6 is 12.6 Å². The molecule has 5 nitrogen and oxygen atoms in total. The van der Waals surface area contributed by atoms with E-state index in [4.69, 9.17) is 0 Å². The number of amides is 1. The number of nitrogens with zero attached hydrogens (tertiary/aromatic N) is 2. The smallest absolute Gasteiger partial charge is 0.243 e. The Balaban J connectivity index is 1.66. The molecule has 144 valence electrons. The lowest BCUT2D eigenvalue weighted by Crippen LogP contribution is -2.49. The van der Waals surface area contributed by atoms with Gasteiger partial charge in [0, 0.05) is 24.9 Å². The number of thiol groups is 1. The molecule has 2 aromatic rings.